The van der Waals surface area contributed by atoms with Crippen LogP contribution in [0.5, 0.6) is 0 Å². The molecule has 0 fully saturated rings. The Hall–Kier alpha value is -2.24. The lowest BCUT2D eigenvalue weighted by molar-refractivity contribution is -0.121. The highest BCUT2D eigenvalue weighted by molar-refractivity contribution is 6.39. The third kappa shape index (κ3) is 2.91. The van der Waals surface area contributed by atoms with Crippen LogP contribution in [0.1, 0.15) is 18.4 Å². The zero-order chi connectivity index (χ0) is 13.0. The standard InChI is InChI=1S/C12H12FN3O2/c13-9-4-2-1-3-8(9)7-14-12(18)10-5-6-11(17)16-15-10/h1-4H,5-7H2,(H,14,18)(H,16,17). The van der Waals surface area contributed by atoms with Crippen molar-refractivity contribution in [2.75, 3.05) is 0 Å². The molecule has 0 atom stereocenters. The van der Waals surface area contributed by atoms with Gasteiger partial charge in [0.05, 0.1) is 0 Å². The predicted octanol–water partition coefficient (Wildman–Crippen LogP) is 0.708. The van der Waals surface area contributed by atoms with Gasteiger partial charge in [0.2, 0.25) is 5.91 Å². The number of hydrogen-bond donors (Lipinski definition) is 2. The van der Waals surface area contributed by atoms with Crippen molar-refractivity contribution in [2.45, 2.75) is 19.4 Å². The summed E-state index contributed by atoms with van der Waals surface area (Å²) in [7, 11) is 0. The number of carbonyl (C=O) groups excluding carboxylic acids is 2. The van der Waals surface area contributed by atoms with Crippen LogP contribution < -0.4 is 10.7 Å². The molecule has 0 unspecified atom stereocenters. The Morgan fingerprint density at radius 2 is 2.17 bits per heavy atom. The van der Waals surface area contributed by atoms with E-state index in [2.05, 4.69) is 15.8 Å². The molecule has 2 N–H and O–H groups in total. The minimum atomic E-state index is -0.391. The zero-order valence-electron chi connectivity index (χ0n) is 9.57. The first-order chi connectivity index (χ1) is 8.66. The van der Waals surface area contributed by atoms with E-state index < -0.39 is 5.91 Å². The number of hydrazone groups is 1. The first kappa shape index (κ1) is 12.2. The van der Waals surface area contributed by atoms with Gasteiger partial charge >= 0.3 is 0 Å². The van der Waals surface area contributed by atoms with E-state index in [4.69, 9.17) is 0 Å². The van der Waals surface area contributed by atoms with E-state index in [0.29, 0.717) is 12.0 Å². The average Bonchev–Trinajstić information content (AvgIpc) is 2.38. The van der Waals surface area contributed by atoms with Gasteiger partial charge in [0.1, 0.15) is 11.5 Å². The lowest BCUT2D eigenvalue weighted by atomic mass is 10.1. The van der Waals surface area contributed by atoms with Gasteiger partial charge < -0.3 is 5.32 Å². The molecule has 6 heteroatoms. The van der Waals surface area contributed by atoms with Gasteiger partial charge in [-0.15, -0.1) is 0 Å². The van der Waals surface area contributed by atoms with Crippen molar-refractivity contribution in [3.8, 4) is 0 Å². The Morgan fingerprint density at radius 3 is 2.83 bits per heavy atom. The third-order valence-corrected chi connectivity index (χ3v) is 2.56. The minimum absolute atomic E-state index is 0.0957. The van der Waals surface area contributed by atoms with E-state index in [9.17, 15) is 14.0 Å². The molecule has 0 saturated heterocycles. The van der Waals surface area contributed by atoms with Crippen LogP contribution in [0.2, 0.25) is 0 Å². The number of benzene rings is 1. The number of hydrogen-bond acceptors (Lipinski definition) is 3. The number of amides is 2. The van der Waals surface area contributed by atoms with Gasteiger partial charge in [0.15, 0.2) is 0 Å². The molecule has 5 nitrogen and oxygen atoms in total. The molecule has 94 valence electrons. The summed E-state index contributed by atoms with van der Waals surface area (Å²) in [5.41, 5.74) is 2.90. The van der Waals surface area contributed by atoms with Crippen LogP contribution in [0.3, 0.4) is 0 Å². The SMILES string of the molecule is O=C1CCC(C(=O)NCc2ccccc2F)=NN1. The summed E-state index contributed by atoms with van der Waals surface area (Å²) in [5, 5.41) is 6.22. The molecular weight excluding hydrogens is 237 g/mol. The summed E-state index contributed by atoms with van der Waals surface area (Å²) in [4.78, 5) is 22.5. The molecular formula is C12H12FN3O2. The smallest absolute Gasteiger partial charge is 0.267 e. The second kappa shape index (κ2) is 5.39. The fraction of sp³-hybridized carbons (Fsp3) is 0.250. The van der Waals surface area contributed by atoms with Crippen molar-refractivity contribution < 1.29 is 14.0 Å². The molecule has 0 saturated carbocycles. The summed E-state index contributed by atoms with van der Waals surface area (Å²) < 4.78 is 13.3. The maximum Gasteiger partial charge on any atom is 0.267 e. The van der Waals surface area contributed by atoms with E-state index >= 15 is 0 Å². The molecule has 0 aliphatic carbocycles. The van der Waals surface area contributed by atoms with Crippen molar-refractivity contribution in [1.29, 1.82) is 0 Å². The maximum atomic E-state index is 13.3. The number of rotatable bonds is 3. The summed E-state index contributed by atoms with van der Waals surface area (Å²) in [5.74, 6) is -0.962. The first-order valence-corrected chi connectivity index (χ1v) is 5.54. The Bertz CT molecular complexity index is 514. The molecule has 1 aromatic rings. The summed E-state index contributed by atoms with van der Waals surface area (Å²) in [6.45, 7) is 0.0957. The summed E-state index contributed by atoms with van der Waals surface area (Å²) in [6.07, 6.45) is 0.543. The third-order valence-electron chi connectivity index (χ3n) is 2.56. The monoisotopic (exact) mass is 249 g/mol. The lowest BCUT2D eigenvalue weighted by Crippen LogP contribution is -2.36. The highest BCUT2D eigenvalue weighted by Crippen LogP contribution is 2.06. The van der Waals surface area contributed by atoms with Gasteiger partial charge in [-0.25, -0.2) is 9.82 Å². The number of nitrogens with zero attached hydrogens (tertiary/aromatic N) is 1. The van der Waals surface area contributed by atoms with Gasteiger partial charge in [-0.05, 0) is 6.07 Å². The van der Waals surface area contributed by atoms with Crippen LogP contribution in [-0.2, 0) is 16.1 Å². The van der Waals surface area contributed by atoms with Gasteiger partial charge in [-0.3, -0.25) is 9.59 Å². The Kier molecular flexibility index (Phi) is 3.66. The molecule has 1 aromatic carbocycles. The average molecular weight is 249 g/mol. The number of carbonyl (C=O) groups is 2. The van der Waals surface area contributed by atoms with Crippen molar-refractivity contribution in [2.24, 2.45) is 5.10 Å². The number of halogens is 1. The Labute approximate surface area is 103 Å². The first-order valence-electron chi connectivity index (χ1n) is 5.54. The van der Waals surface area contributed by atoms with E-state index in [1.54, 1.807) is 18.2 Å². The second-order valence-electron chi connectivity index (χ2n) is 3.87. The largest absolute Gasteiger partial charge is 0.347 e. The molecule has 0 aromatic heterocycles. The van der Waals surface area contributed by atoms with Crippen LogP contribution in [0, 0.1) is 5.82 Å². The summed E-state index contributed by atoms with van der Waals surface area (Å²) >= 11 is 0. The molecule has 2 amide bonds. The fourth-order valence-corrected chi connectivity index (χ4v) is 1.56. The van der Waals surface area contributed by atoms with E-state index in [1.165, 1.54) is 6.07 Å². The Morgan fingerprint density at radius 1 is 1.39 bits per heavy atom. The van der Waals surface area contributed by atoms with E-state index in [0.717, 1.165) is 0 Å². The molecule has 1 heterocycles. The topological polar surface area (TPSA) is 70.6 Å². The second-order valence-corrected chi connectivity index (χ2v) is 3.87. The van der Waals surface area contributed by atoms with E-state index in [1.807, 2.05) is 0 Å². The van der Waals surface area contributed by atoms with Crippen LogP contribution >= 0.6 is 0 Å². The van der Waals surface area contributed by atoms with Crippen molar-refractivity contribution in [1.82, 2.24) is 10.7 Å². The van der Waals surface area contributed by atoms with Crippen LogP contribution in [0.15, 0.2) is 29.4 Å². The molecule has 1 aliphatic heterocycles. The lowest BCUT2D eigenvalue weighted by Gasteiger charge is -2.12. The van der Waals surface area contributed by atoms with Crippen molar-refractivity contribution >= 4 is 17.5 Å². The minimum Gasteiger partial charge on any atom is -0.347 e. The molecule has 18 heavy (non-hydrogen) atoms. The summed E-state index contributed by atoms with van der Waals surface area (Å²) in [6, 6.07) is 6.21. The van der Waals surface area contributed by atoms with Crippen molar-refractivity contribution in [3.63, 3.8) is 0 Å². The molecule has 0 radical (unpaired) electrons. The van der Waals surface area contributed by atoms with Crippen molar-refractivity contribution in [3.05, 3.63) is 35.6 Å². The van der Waals surface area contributed by atoms with Gasteiger partial charge in [0.25, 0.3) is 5.91 Å². The van der Waals surface area contributed by atoms with Gasteiger partial charge in [-0.1, -0.05) is 18.2 Å². The van der Waals surface area contributed by atoms with Crippen LogP contribution in [-0.4, -0.2) is 17.5 Å². The van der Waals surface area contributed by atoms with E-state index in [-0.39, 0.29) is 30.4 Å². The highest BCUT2D eigenvalue weighted by Gasteiger charge is 2.18. The zero-order valence-corrected chi connectivity index (χ0v) is 9.57. The number of nitrogens with one attached hydrogen (secondary N) is 2. The van der Waals surface area contributed by atoms with Gasteiger partial charge in [0, 0.05) is 24.9 Å². The fourth-order valence-electron chi connectivity index (χ4n) is 1.56. The molecule has 0 spiro atoms. The van der Waals surface area contributed by atoms with Crippen LogP contribution in [0.25, 0.3) is 0 Å². The maximum absolute atomic E-state index is 13.3. The normalized spacial score (nSPS) is 14.7. The highest BCUT2D eigenvalue weighted by atomic mass is 19.1. The molecule has 0 bridgehead atoms. The molecule has 1 aliphatic rings. The van der Waals surface area contributed by atoms with Gasteiger partial charge in [-0.2, -0.15) is 5.10 Å². The molecule has 2 rings (SSSR count). The predicted molar refractivity (Wildman–Crippen MR) is 63.1 cm³/mol. The Balaban J connectivity index is 1.93. The van der Waals surface area contributed by atoms with Crippen LogP contribution in [0.4, 0.5) is 4.39 Å². The quantitative estimate of drug-likeness (QED) is 0.828.